The van der Waals surface area contributed by atoms with Gasteiger partial charge in [-0.15, -0.1) is 11.3 Å². The molecule has 3 rings (SSSR count). The number of rotatable bonds is 7. The van der Waals surface area contributed by atoms with Gasteiger partial charge in [-0.3, -0.25) is 4.79 Å². The number of hydrogen-bond donors (Lipinski definition) is 0. The fourth-order valence-electron chi connectivity index (χ4n) is 2.14. The van der Waals surface area contributed by atoms with E-state index in [1.54, 1.807) is 0 Å². The SMILES string of the molecule is O=C(COCc1nc2ccccc2s1)OCC(=O)c1ccc(Cl)c(Cl)c1. The predicted molar refractivity (Wildman–Crippen MR) is 101 cm³/mol. The van der Waals surface area contributed by atoms with Crippen molar-refractivity contribution in [2.75, 3.05) is 13.2 Å². The minimum atomic E-state index is -0.625. The van der Waals surface area contributed by atoms with E-state index in [0.717, 1.165) is 15.2 Å². The predicted octanol–water partition coefficient (Wildman–Crippen LogP) is 4.55. The summed E-state index contributed by atoms with van der Waals surface area (Å²) in [5.74, 6) is -0.998. The van der Waals surface area contributed by atoms with Crippen LogP contribution in [-0.2, 0) is 20.9 Å². The highest BCUT2D eigenvalue weighted by atomic mass is 35.5. The number of esters is 1. The summed E-state index contributed by atoms with van der Waals surface area (Å²) in [6, 6.07) is 12.2. The van der Waals surface area contributed by atoms with Crippen LogP contribution < -0.4 is 0 Å². The molecule has 0 aliphatic carbocycles. The molecule has 0 fully saturated rings. The molecule has 2 aromatic carbocycles. The van der Waals surface area contributed by atoms with Crippen LogP contribution in [0.2, 0.25) is 10.0 Å². The summed E-state index contributed by atoms with van der Waals surface area (Å²) >= 11 is 13.2. The number of para-hydroxylation sites is 1. The molecule has 5 nitrogen and oxygen atoms in total. The highest BCUT2D eigenvalue weighted by Crippen LogP contribution is 2.23. The van der Waals surface area contributed by atoms with Crippen molar-refractivity contribution in [2.45, 2.75) is 6.61 Å². The largest absolute Gasteiger partial charge is 0.456 e. The van der Waals surface area contributed by atoms with Crippen molar-refractivity contribution in [3.63, 3.8) is 0 Å². The molecule has 0 radical (unpaired) electrons. The van der Waals surface area contributed by atoms with Gasteiger partial charge in [-0.1, -0.05) is 35.3 Å². The fraction of sp³-hybridized carbons (Fsp3) is 0.167. The number of ether oxygens (including phenoxy) is 2. The number of halogens is 2. The molecule has 8 heteroatoms. The molecule has 0 amide bonds. The first-order chi connectivity index (χ1) is 12.5. The molecular formula is C18H13Cl2NO4S. The van der Waals surface area contributed by atoms with Crippen molar-refractivity contribution < 1.29 is 19.1 Å². The van der Waals surface area contributed by atoms with E-state index in [1.165, 1.54) is 29.5 Å². The second-order valence-electron chi connectivity index (χ2n) is 5.28. The topological polar surface area (TPSA) is 65.5 Å². The molecule has 134 valence electrons. The molecule has 0 saturated heterocycles. The number of Topliss-reactive ketones (excluding diaryl/α,β-unsaturated/α-hetero) is 1. The molecule has 1 heterocycles. The summed E-state index contributed by atoms with van der Waals surface area (Å²) in [4.78, 5) is 28.1. The lowest BCUT2D eigenvalue weighted by molar-refractivity contribution is -0.148. The summed E-state index contributed by atoms with van der Waals surface area (Å²) in [6.45, 7) is -0.443. The summed E-state index contributed by atoms with van der Waals surface area (Å²) < 4.78 is 11.3. The Labute approximate surface area is 163 Å². The summed E-state index contributed by atoms with van der Waals surface area (Å²) in [7, 11) is 0. The molecular weight excluding hydrogens is 397 g/mol. The molecule has 26 heavy (non-hydrogen) atoms. The van der Waals surface area contributed by atoms with Gasteiger partial charge in [0.25, 0.3) is 0 Å². The average Bonchev–Trinajstić information content (AvgIpc) is 3.04. The minimum absolute atomic E-state index is 0.204. The first-order valence-electron chi connectivity index (χ1n) is 7.59. The van der Waals surface area contributed by atoms with Gasteiger partial charge in [0, 0.05) is 5.56 Å². The molecule has 0 saturated carbocycles. The van der Waals surface area contributed by atoms with Crippen LogP contribution in [0.1, 0.15) is 15.4 Å². The fourth-order valence-corrected chi connectivity index (χ4v) is 3.35. The molecule has 0 atom stereocenters. The molecule has 0 aliphatic rings. The van der Waals surface area contributed by atoms with Gasteiger partial charge in [0.2, 0.25) is 0 Å². The van der Waals surface area contributed by atoms with Crippen LogP contribution in [-0.4, -0.2) is 30.0 Å². The highest BCUT2D eigenvalue weighted by Gasteiger charge is 2.12. The Morgan fingerprint density at radius 1 is 1.04 bits per heavy atom. The van der Waals surface area contributed by atoms with Crippen LogP contribution in [0.4, 0.5) is 0 Å². The maximum absolute atomic E-state index is 12.0. The number of fused-ring (bicyclic) bond motifs is 1. The number of nitrogens with zero attached hydrogens (tertiary/aromatic N) is 1. The number of carbonyl (C=O) groups excluding carboxylic acids is 2. The van der Waals surface area contributed by atoms with E-state index in [0.29, 0.717) is 10.6 Å². The smallest absolute Gasteiger partial charge is 0.332 e. The molecule has 0 N–H and O–H groups in total. The second kappa shape index (κ2) is 8.60. The van der Waals surface area contributed by atoms with Gasteiger partial charge in [-0.2, -0.15) is 0 Å². The molecule has 1 aromatic heterocycles. The Hall–Kier alpha value is -1.99. The number of aromatic nitrogens is 1. The van der Waals surface area contributed by atoms with Gasteiger partial charge < -0.3 is 9.47 Å². The number of hydrogen-bond acceptors (Lipinski definition) is 6. The third-order valence-corrected chi connectivity index (χ3v) is 5.14. The highest BCUT2D eigenvalue weighted by molar-refractivity contribution is 7.18. The van der Waals surface area contributed by atoms with Crippen molar-refractivity contribution >= 4 is 56.5 Å². The Balaban J connectivity index is 1.43. The molecule has 0 unspecified atom stereocenters. The third kappa shape index (κ3) is 4.80. The average molecular weight is 410 g/mol. The lowest BCUT2D eigenvalue weighted by Crippen LogP contribution is -2.18. The zero-order chi connectivity index (χ0) is 18.5. The van der Waals surface area contributed by atoms with Crippen molar-refractivity contribution in [3.8, 4) is 0 Å². The Bertz CT molecular complexity index is 924. The lowest BCUT2D eigenvalue weighted by Gasteiger charge is -2.05. The first kappa shape index (κ1) is 18.8. The monoisotopic (exact) mass is 409 g/mol. The Kier molecular flexibility index (Phi) is 6.21. The normalized spacial score (nSPS) is 10.8. The van der Waals surface area contributed by atoms with Gasteiger partial charge in [-0.05, 0) is 30.3 Å². The maximum Gasteiger partial charge on any atom is 0.332 e. The van der Waals surface area contributed by atoms with Crippen LogP contribution >= 0.6 is 34.5 Å². The van der Waals surface area contributed by atoms with E-state index >= 15 is 0 Å². The van der Waals surface area contributed by atoms with Crippen LogP contribution in [0.3, 0.4) is 0 Å². The van der Waals surface area contributed by atoms with E-state index in [2.05, 4.69) is 4.98 Å². The van der Waals surface area contributed by atoms with Gasteiger partial charge in [-0.25, -0.2) is 9.78 Å². The van der Waals surface area contributed by atoms with Gasteiger partial charge in [0.15, 0.2) is 12.4 Å². The van der Waals surface area contributed by atoms with Crippen molar-refractivity contribution in [3.05, 3.63) is 63.1 Å². The Morgan fingerprint density at radius 3 is 2.62 bits per heavy atom. The van der Waals surface area contributed by atoms with Gasteiger partial charge in [0.05, 0.1) is 26.9 Å². The lowest BCUT2D eigenvalue weighted by atomic mass is 10.1. The first-order valence-corrected chi connectivity index (χ1v) is 9.16. The zero-order valence-electron chi connectivity index (χ0n) is 13.4. The number of ketones is 1. The van der Waals surface area contributed by atoms with Crippen LogP contribution in [0.15, 0.2) is 42.5 Å². The van der Waals surface area contributed by atoms with E-state index in [-0.39, 0.29) is 30.6 Å². The van der Waals surface area contributed by atoms with Crippen LogP contribution in [0.5, 0.6) is 0 Å². The van der Waals surface area contributed by atoms with E-state index in [9.17, 15) is 9.59 Å². The summed E-state index contributed by atoms with van der Waals surface area (Å²) in [5, 5.41) is 1.39. The van der Waals surface area contributed by atoms with Crippen molar-refractivity contribution in [1.29, 1.82) is 0 Å². The van der Waals surface area contributed by atoms with Crippen molar-refractivity contribution in [2.24, 2.45) is 0 Å². The van der Waals surface area contributed by atoms with E-state index in [1.807, 2.05) is 24.3 Å². The summed E-state index contributed by atoms with van der Waals surface area (Å²) in [6.07, 6.45) is 0. The van der Waals surface area contributed by atoms with Gasteiger partial charge in [0.1, 0.15) is 11.6 Å². The van der Waals surface area contributed by atoms with Crippen LogP contribution in [0.25, 0.3) is 10.2 Å². The molecule has 3 aromatic rings. The molecule has 0 aliphatic heterocycles. The minimum Gasteiger partial charge on any atom is -0.456 e. The number of thiazole rings is 1. The quantitative estimate of drug-likeness (QED) is 0.423. The second-order valence-corrected chi connectivity index (χ2v) is 7.21. The maximum atomic E-state index is 12.0. The standard InChI is InChI=1S/C18H13Cl2NO4S/c19-12-6-5-11(7-13(12)20)15(22)8-25-18(23)10-24-9-17-21-14-3-1-2-4-16(14)26-17/h1-7H,8-10H2. The van der Waals surface area contributed by atoms with Gasteiger partial charge >= 0.3 is 5.97 Å². The zero-order valence-corrected chi connectivity index (χ0v) is 15.7. The molecule has 0 spiro atoms. The number of benzene rings is 2. The van der Waals surface area contributed by atoms with E-state index in [4.69, 9.17) is 32.7 Å². The van der Waals surface area contributed by atoms with E-state index < -0.39 is 5.97 Å². The molecule has 0 bridgehead atoms. The third-order valence-electron chi connectivity index (χ3n) is 3.39. The van der Waals surface area contributed by atoms with Crippen LogP contribution in [0, 0.1) is 0 Å². The Morgan fingerprint density at radius 2 is 1.85 bits per heavy atom. The number of carbonyl (C=O) groups is 2. The summed E-state index contributed by atoms with van der Waals surface area (Å²) in [5.41, 5.74) is 1.22. The van der Waals surface area contributed by atoms with Crippen molar-refractivity contribution in [1.82, 2.24) is 4.98 Å².